The lowest BCUT2D eigenvalue weighted by molar-refractivity contribution is -0.138. The maximum atomic E-state index is 13.5. The summed E-state index contributed by atoms with van der Waals surface area (Å²) in [5.74, 6) is 1.22. The van der Waals surface area contributed by atoms with Gasteiger partial charge in [-0.05, 0) is 202 Å². The Labute approximate surface area is 835 Å². The number of carboxylic acid groups (broad SMARTS) is 1. The van der Waals surface area contributed by atoms with Crippen molar-refractivity contribution in [3.8, 4) is 45.5 Å². The van der Waals surface area contributed by atoms with E-state index in [1.807, 2.05) is 134 Å². The minimum absolute atomic E-state index is 0. The molecule has 10 aliphatic heterocycles. The zero-order valence-corrected chi connectivity index (χ0v) is 79.9. The van der Waals surface area contributed by atoms with Crippen molar-refractivity contribution >= 4 is 105 Å². The Bertz CT molecular complexity index is 6350. The smallest absolute Gasteiger partial charge is 0.322 e. The Morgan fingerprint density at radius 1 is 0.431 bits per heavy atom. The van der Waals surface area contributed by atoms with E-state index in [1.165, 1.54) is 15.5 Å². The molecule has 752 valence electrons. The number of nitrogens with one attached hydrogen (secondary N) is 6. The number of amides is 10. The summed E-state index contributed by atoms with van der Waals surface area (Å²) in [6.45, 7) is 14.0. The van der Waals surface area contributed by atoms with E-state index in [0.29, 0.717) is 150 Å². The summed E-state index contributed by atoms with van der Waals surface area (Å²) in [5.41, 5.74) is 29.4. The lowest BCUT2D eigenvalue weighted by Gasteiger charge is -2.39. The molecule has 0 saturated carbocycles. The molecule has 0 radical (unpaired) electrons. The fourth-order valence-corrected chi connectivity index (χ4v) is 21.3. The number of fused-ring (bicyclic) bond motifs is 4. The highest BCUT2D eigenvalue weighted by Gasteiger charge is 2.44. The maximum absolute atomic E-state index is 13.5. The number of nitrogens with zero attached hydrogens (tertiary/aromatic N) is 12. The van der Waals surface area contributed by atoms with Gasteiger partial charge in [0.2, 0.25) is 35.4 Å². The Hall–Kier alpha value is -15.3. The third-order valence-electron chi connectivity index (χ3n) is 29.1. The van der Waals surface area contributed by atoms with Gasteiger partial charge in [0.1, 0.15) is 75.8 Å². The summed E-state index contributed by atoms with van der Waals surface area (Å²) < 4.78 is 15.9. The number of imide groups is 2. The van der Waals surface area contributed by atoms with E-state index in [4.69, 9.17) is 42.0 Å². The van der Waals surface area contributed by atoms with Crippen LogP contribution < -0.4 is 68.4 Å². The van der Waals surface area contributed by atoms with E-state index in [-0.39, 0.29) is 99.8 Å². The highest BCUT2D eigenvalue weighted by atomic mass is 16.5. The third-order valence-corrected chi connectivity index (χ3v) is 29.1. The van der Waals surface area contributed by atoms with Gasteiger partial charge in [-0.15, -0.1) is 0 Å². The molecule has 4 atom stereocenters. The van der Waals surface area contributed by atoms with E-state index >= 15 is 0 Å². The highest BCUT2D eigenvalue weighted by Crippen LogP contribution is 2.45. The average molecular weight is 1960 g/mol. The van der Waals surface area contributed by atoms with Crippen LogP contribution in [0.1, 0.15) is 167 Å². The van der Waals surface area contributed by atoms with Crippen LogP contribution in [0.15, 0.2) is 194 Å². The number of rotatable bonds is 30. The van der Waals surface area contributed by atoms with Crippen LogP contribution in [-0.4, -0.2) is 255 Å². The van der Waals surface area contributed by atoms with Gasteiger partial charge in [0.05, 0.1) is 18.6 Å². The normalized spacial score (nSPS) is 19.1. The van der Waals surface area contributed by atoms with Gasteiger partial charge in [-0.2, -0.15) is 10.2 Å². The van der Waals surface area contributed by atoms with Crippen molar-refractivity contribution in [2.24, 2.45) is 29.0 Å². The number of hydrogen-bond donors (Lipinski definition) is 10. The van der Waals surface area contributed by atoms with E-state index in [0.717, 1.165) is 169 Å². The molecule has 2 aromatic heterocycles. The van der Waals surface area contributed by atoms with Crippen LogP contribution in [0.4, 0.5) is 34.4 Å². The minimum atomic E-state index is -1.01. The molecule has 0 aliphatic carbocycles. The number of para-hydroxylation sites is 2. The lowest BCUT2D eigenvalue weighted by atomic mass is 9.86. The molecule has 36 nitrogen and oxygen atoms in total. The number of carbonyl (C=O) groups excluding carboxylic acids is 11. The summed E-state index contributed by atoms with van der Waals surface area (Å²) in [6.07, 6.45) is 8.30. The zero-order chi connectivity index (χ0) is 99.3. The van der Waals surface area contributed by atoms with Crippen molar-refractivity contribution < 1.29 is 72.1 Å². The number of carbonyl (C=O) groups is 12. The first-order chi connectivity index (χ1) is 69.5. The molecule has 10 aromatic rings. The minimum Gasteiger partial charge on any atom is -0.480 e. The van der Waals surface area contributed by atoms with Crippen molar-refractivity contribution in [2.75, 3.05) is 149 Å². The number of anilines is 6. The predicted molar refractivity (Wildman–Crippen MR) is 545 cm³/mol. The number of ether oxygens (including phenoxy) is 2. The molecular weight excluding hydrogens is 1830 g/mol. The number of carboxylic acids is 1. The van der Waals surface area contributed by atoms with E-state index in [2.05, 4.69) is 100 Å². The van der Waals surface area contributed by atoms with Gasteiger partial charge in [0, 0.05) is 213 Å². The Balaban J connectivity index is 0.000000167. The van der Waals surface area contributed by atoms with Crippen molar-refractivity contribution in [3.05, 3.63) is 239 Å². The summed E-state index contributed by atoms with van der Waals surface area (Å²) in [5, 5.41) is 36.2. The number of likely N-dealkylation sites (tertiary alicyclic amines) is 2. The van der Waals surface area contributed by atoms with Crippen LogP contribution in [0.25, 0.3) is 22.5 Å². The number of primary amides is 2. The molecule has 144 heavy (non-hydrogen) atoms. The second-order valence-electron chi connectivity index (χ2n) is 37.9. The van der Waals surface area contributed by atoms with Crippen LogP contribution in [0.2, 0.25) is 0 Å². The second kappa shape index (κ2) is 45.7. The number of hydrogen-bond acceptors (Lipinski definition) is 25. The fraction of sp³-hybridized carbons (Fsp3) is 0.389. The van der Waals surface area contributed by atoms with Crippen molar-refractivity contribution in [3.63, 3.8) is 0 Å². The molecule has 12 heterocycles. The molecule has 0 bridgehead atoms. The molecule has 8 aromatic carbocycles. The number of benzene rings is 8. The molecule has 10 amide bonds. The quantitative estimate of drug-likeness (QED) is 0.0187. The van der Waals surface area contributed by atoms with Gasteiger partial charge in [-0.3, -0.25) is 78.0 Å². The van der Waals surface area contributed by atoms with Crippen LogP contribution in [0.5, 0.6) is 23.0 Å². The fourth-order valence-electron chi connectivity index (χ4n) is 21.3. The van der Waals surface area contributed by atoms with Crippen LogP contribution in [-0.2, 0) is 64.4 Å². The van der Waals surface area contributed by atoms with Crippen LogP contribution in [0, 0.1) is 11.8 Å². The van der Waals surface area contributed by atoms with Crippen molar-refractivity contribution in [1.29, 1.82) is 0 Å². The molecule has 6 fully saturated rings. The van der Waals surface area contributed by atoms with E-state index in [1.54, 1.807) is 30.3 Å². The number of aromatic nitrogens is 4. The Morgan fingerprint density at radius 2 is 0.826 bits per heavy atom. The first kappa shape index (κ1) is 100. The number of aliphatic carboxylic acids is 1. The summed E-state index contributed by atoms with van der Waals surface area (Å²) in [4.78, 5) is 166. The van der Waals surface area contributed by atoms with Crippen molar-refractivity contribution in [1.82, 2.24) is 59.6 Å². The highest BCUT2D eigenvalue weighted by molar-refractivity contribution is 6.09. The predicted octanol–water partition coefficient (Wildman–Crippen LogP) is 10.9. The van der Waals surface area contributed by atoms with Crippen LogP contribution >= 0.6 is 0 Å². The molecular formula is C108H125N21O15. The van der Waals surface area contributed by atoms with Gasteiger partial charge in [0.15, 0.2) is 5.78 Å². The molecule has 6 saturated heterocycles. The number of aryl methyl sites for hydroxylation is 1. The Morgan fingerprint density at radius 3 is 1.22 bits per heavy atom. The molecule has 20 rings (SSSR count). The van der Waals surface area contributed by atoms with Crippen LogP contribution in [0.3, 0.4) is 0 Å². The number of ketones is 1. The molecule has 10 aliphatic rings. The van der Waals surface area contributed by atoms with Gasteiger partial charge in [-0.1, -0.05) is 80.2 Å². The number of piperidine rings is 4. The van der Waals surface area contributed by atoms with Gasteiger partial charge < -0.3 is 82.4 Å². The summed E-state index contributed by atoms with van der Waals surface area (Å²) in [6, 6.07) is 60.4. The standard InChI is InChI=1S/C54H60N10O7.C38H46N8O3.C15H15N3O5.CH4/c55-51(68)49-50(37-12-17-41(18-13-37)71-40-5-2-1-3-6-40)59-64-45(21-25-56-52(49)64)36-22-27-62(28-23-36)48(67)24-26-60-29-31-61(32-30-60)38-14-9-35(10-15-38)11-16-39(65)33-57-44-8-4-7-42-43(44)34-63(54(42)70)46-19-20-47(66)58-53(46)69;39-26-27-6-10-30(11-7-27)44-24-22-43(23-25-44)19-17-34(47)45-20-15-28(16-21-45)33-14-18-41-38-35(37(40)48)36(42-46(33)38)29-8-12-32(13-9-29)49-31-4-2-1-3-5-31;19-12-5-4-11(14(22)17-12)18-7-9-8(15(18)23)2-1-3-10(9)16-6-13(20)21;/h1-10,12-15,17-18,36,45-46,56-57H,11,16,19-34H2,(H2,55,68)(H,58,66,69);1-13,28,33,41H,14-26,39H2,(H2,40,48);1-3,11,16H,4-7H2,(H,20,21)(H,17,19,22);1H4/t45-,46?;33-;;/m00../s1. The maximum Gasteiger partial charge on any atom is 0.322 e. The van der Waals surface area contributed by atoms with E-state index < -0.39 is 41.7 Å². The SMILES string of the molecule is C.NC(=O)c1c(-c2ccc(Oc3ccccc3)cc2)nn2c1NCC[C@H]2C1CCN(C(=O)CCN2CCN(c3ccc(CCC(=O)CNc4cccc5c4CN(C4CCC(=O)NC4=O)C5=O)cc3)CC2)CC1.NCc1ccc(N2CCN(CCC(=O)N3CCC([C@@H]4CCNc5c(C(N)=O)c(-c6ccc(Oc7ccccc7)cc6)nn54)CC3)CC2)cc1.O=C(O)CNc1cccc2c1CN(C1CCC(=O)NC1=O)C2=O. The first-order valence-electron chi connectivity index (χ1n) is 49.6. The van der Waals surface area contributed by atoms with E-state index in [9.17, 15) is 57.5 Å². The van der Waals surface area contributed by atoms with Gasteiger partial charge in [0.25, 0.3) is 23.6 Å². The average Bonchev–Trinajstić information content (AvgIpc) is 1.60. The summed E-state index contributed by atoms with van der Waals surface area (Å²) in [7, 11) is 0. The molecule has 36 heteroatoms. The third kappa shape index (κ3) is 23.2. The molecule has 0 spiro atoms. The number of nitrogens with two attached hydrogens (primary N) is 3. The first-order valence-corrected chi connectivity index (χ1v) is 49.6. The van der Waals surface area contributed by atoms with Gasteiger partial charge >= 0.3 is 5.97 Å². The monoisotopic (exact) mass is 1960 g/mol. The van der Waals surface area contributed by atoms with Gasteiger partial charge in [-0.25, -0.2) is 9.36 Å². The molecule has 2 unspecified atom stereocenters. The number of Topliss-reactive ketones (excluding diaryl/α,β-unsaturated/α-hetero) is 1. The zero-order valence-electron chi connectivity index (χ0n) is 79.9. The lowest BCUT2D eigenvalue weighted by Crippen LogP contribution is -2.52. The summed E-state index contributed by atoms with van der Waals surface area (Å²) >= 11 is 0. The second-order valence-corrected chi connectivity index (χ2v) is 37.9. The largest absolute Gasteiger partial charge is 0.480 e. The van der Waals surface area contributed by atoms with Crippen molar-refractivity contribution in [2.45, 2.75) is 141 Å². The Kier molecular flexibility index (Phi) is 31.8. The number of piperazine rings is 2. The molecule has 13 N–H and O–H groups in total. The topological polar surface area (TPSA) is 455 Å².